The lowest BCUT2D eigenvalue weighted by Gasteiger charge is -2.13. The third kappa shape index (κ3) is 3.50. The largest absolute Gasteiger partial charge is 0.489 e. The lowest BCUT2D eigenvalue weighted by Crippen LogP contribution is -1.99. The van der Waals surface area contributed by atoms with Crippen molar-refractivity contribution in [1.29, 1.82) is 0 Å². The van der Waals surface area contributed by atoms with E-state index >= 15 is 0 Å². The van der Waals surface area contributed by atoms with E-state index in [0.29, 0.717) is 12.5 Å². The molecule has 2 nitrogen and oxygen atoms in total. The fraction of sp³-hybridized carbons (Fsp3) is 0.294. The van der Waals surface area contributed by atoms with Crippen LogP contribution in [0.2, 0.25) is 0 Å². The summed E-state index contributed by atoms with van der Waals surface area (Å²) in [6.45, 7) is 7.02. The van der Waals surface area contributed by atoms with Crippen LogP contribution in [-0.2, 0) is 6.61 Å². The first kappa shape index (κ1) is 13.5. The Labute approximate surface area is 115 Å². The number of nitrogen functional groups attached to an aromatic ring is 1. The molecular weight excluding hydrogens is 234 g/mol. The summed E-state index contributed by atoms with van der Waals surface area (Å²) in [6, 6.07) is 14.2. The van der Waals surface area contributed by atoms with Gasteiger partial charge in [0.2, 0.25) is 0 Å². The fourth-order valence-electron chi connectivity index (χ4n) is 1.91. The number of nitrogens with two attached hydrogens (primary N) is 1. The SMILES string of the molecule is Cc1ccc(C(C)C)cc1OCc1ccc(N)cc1. The maximum Gasteiger partial charge on any atom is 0.122 e. The van der Waals surface area contributed by atoms with Crippen LogP contribution in [0.15, 0.2) is 42.5 Å². The molecule has 100 valence electrons. The van der Waals surface area contributed by atoms with E-state index in [0.717, 1.165) is 17.0 Å². The summed E-state index contributed by atoms with van der Waals surface area (Å²) < 4.78 is 5.91. The van der Waals surface area contributed by atoms with Crippen LogP contribution in [0, 0.1) is 6.92 Å². The van der Waals surface area contributed by atoms with Gasteiger partial charge in [-0.3, -0.25) is 0 Å². The Hall–Kier alpha value is -1.96. The molecule has 0 heterocycles. The minimum atomic E-state index is 0.513. The summed E-state index contributed by atoms with van der Waals surface area (Å²) in [7, 11) is 0. The van der Waals surface area contributed by atoms with E-state index in [1.54, 1.807) is 0 Å². The van der Waals surface area contributed by atoms with Gasteiger partial charge in [-0.05, 0) is 47.7 Å². The summed E-state index contributed by atoms with van der Waals surface area (Å²) in [5, 5.41) is 0. The maximum atomic E-state index is 5.91. The van der Waals surface area contributed by atoms with E-state index in [9.17, 15) is 0 Å². The summed E-state index contributed by atoms with van der Waals surface area (Å²) in [5.41, 5.74) is 10.0. The Morgan fingerprint density at radius 1 is 1.05 bits per heavy atom. The smallest absolute Gasteiger partial charge is 0.122 e. The van der Waals surface area contributed by atoms with Crippen molar-refractivity contribution < 1.29 is 4.74 Å². The van der Waals surface area contributed by atoms with Gasteiger partial charge in [-0.2, -0.15) is 0 Å². The van der Waals surface area contributed by atoms with Gasteiger partial charge in [-0.25, -0.2) is 0 Å². The Bertz CT molecular complexity index is 544. The van der Waals surface area contributed by atoms with Crippen LogP contribution in [0.5, 0.6) is 5.75 Å². The van der Waals surface area contributed by atoms with Crippen molar-refractivity contribution in [3.05, 3.63) is 59.2 Å². The van der Waals surface area contributed by atoms with Gasteiger partial charge in [0.05, 0.1) is 0 Å². The molecule has 0 aromatic heterocycles. The summed E-state index contributed by atoms with van der Waals surface area (Å²) in [4.78, 5) is 0. The lowest BCUT2D eigenvalue weighted by atomic mass is 10.0. The number of benzene rings is 2. The molecule has 0 aliphatic heterocycles. The van der Waals surface area contributed by atoms with Crippen molar-refractivity contribution in [3.8, 4) is 5.75 Å². The van der Waals surface area contributed by atoms with Crippen molar-refractivity contribution >= 4 is 5.69 Å². The second-order valence-electron chi connectivity index (χ2n) is 5.21. The van der Waals surface area contributed by atoms with Crippen LogP contribution >= 0.6 is 0 Å². The number of aryl methyl sites for hydroxylation is 1. The molecule has 2 aromatic carbocycles. The Morgan fingerprint density at radius 3 is 2.37 bits per heavy atom. The average molecular weight is 255 g/mol. The molecule has 2 aromatic rings. The van der Waals surface area contributed by atoms with Gasteiger partial charge in [0.25, 0.3) is 0 Å². The molecule has 2 rings (SSSR count). The van der Waals surface area contributed by atoms with Crippen LogP contribution < -0.4 is 10.5 Å². The molecule has 0 aliphatic rings. The molecule has 0 saturated heterocycles. The molecular formula is C17H21NO. The highest BCUT2D eigenvalue weighted by Crippen LogP contribution is 2.25. The van der Waals surface area contributed by atoms with Gasteiger partial charge in [0, 0.05) is 5.69 Å². The predicted octanol–water partition coefficient (Wildman–Crippen LogP) is 4.28. The average Bonchev–Trinajstić information content (AvgIpc) is 2.39. The van der Waals surface area contributed by atoms with Gasteiger partial charge < -0.3 is 10.5 Å². The molecule has 2 heteroatoms. The molecule has 0 fully saturated rings. The van der Waals surface area contributed by atoms with E-state index in [4.69, 9.17) is 10.5 Å². The van der Waals surface area contributed by atoms with Gasteiger partial charge in [-0.15, -0.1) is 0 Å². The van der Waals surface area contributed by atoms with Gasteiger partial charge in [-0.1, -0.05) is 38.1 Å². The third-order valence-corrected chi connectivity index (χ3v) is 3.25. The minimum Gasteiger partial charge on any atom is -0.489 e. The zero-order valence-electron chi connectivity index (χ0n) is 11.8. The molecule has 0 unspecified atom stereocenters. The second-order valence-corrected chi connectivity index (χ2v) is 5.21. The molecule has 0 bridgehead atoms. The summed E-state index contributed by atoms with van der Waals surface area (Å²) >= 11 is 0. The van der Waals surface area contributed by atoms with Crippen molar-refractivity contribution in [2.24, 2.45) is 0 Å². The Morgan fingerprint density at radius 2 is 1.74 bits per heavy atom. The number of hydrogen-bond donors (Lipinski definition) is 1. The van der Waals surface area contributed by atoms with Gasteiger partial charge in [0.1, 0.15) is 12.4 Å². The molecule has 0 aliphatic carbocycles. The van der Waals surface area contributed by atoms with Crippen LogP contribution in [0.1, 0.15) is 36.5 Å². The maximum absolute atomic E-state index is 5.91. The van der Waals surface area contributed by atoms with E-state index in [-0.39, 0.29) is 0 Å². The normalized spacial score (nSPS) is 10.7. The van der Waals surface area contributed by atoms with Crippen molar-refractivity contribution in [3.63, 3.8) is 0 Å². The quantitative estimate of drug-likeness (QED) is 0.828. The molecule has 0 radical (unpaired) electrons. The van der Waals surface area contributed by atoms with Crippen LogP contribution in [-0.4, -0.2) is 0 Å². The molecule has 0 amide bonds. The molecule has 0 saturated carbocycles. The van der Waals surface area contributed by atoms with E-state index in [1.165, 1.54) is 11.1 Å². The van der Waals surface area contributed by atoms with Crippen molar-refractivity contribution in [2.45, 2.75) is 33.3 Å². The predicted molar refractivity (Wildman–Crippen MR) is 80.5 cm³/mol. The van der Waals surface area contributed by atoms with E-state index in [1.807, 2.05) is 24.3 Å². The van der Waals surface area contributed by atoms with Crippen LogP contribution in [0.4, 0.5) is 5.69 Å². The van der Waals surface area contributed by atoms with Crippen LogP contribution in [0.25, 0.3) is 0 Å². The monoisotopic (exact) mass is 255 g/mol. The summed E-state index contributed by atoms with van der Waals surface area (Å²) in [6.07, 6.45) is 0. The lowest BCUT2D eigenvalue weighted by molar-refractivity contribution is 0.303. The first-order valence-electron chi connectivity index (χ1n) is 6.64. The standard InChI is InChI=1S/C17H21NO/c1-12(2)15-7-4-13(3)17(10-15)19-11-14-5-8-16(18)9-6-14/h4-10,12H,11,18H2,1-3H3. The highest BCUT2D eigenvalue weighted by Gasteiger charge is 2.05. The zero-order chi connectivity index (χ0) is 13.8. The Balaban J connectivity index is 2.10. The van der Waals surface area contributed by atoms with Crippen LogP contribution in [0.3, 0.4) is 0 Å². The highest BCUT2D eigenvalue weighted by atomic mass is 16.5. The third-order valence-electron chi connectivity index (χ3n) is 3.25. The van der Waals surface area contributed by atoms with Gasteiger partial charge in [0.15, 0.2) is 0 Å². The number of anilines is 1. The van der Waals surface area contributed by atoms with Crippen molar-refractivity contribution in [1.82, 2.24) is 0 Å². The number of ether oxygens (including phenoxy) is 1. The zero-order valence-corrected chi connectivity index (χ0v) is 11.8. The fourth-order valence-corrected chi connectivity index (χ4v) is 1.91. The molecule has 19 heavy (non-hydrogen) atoms. The summed E-state index contributed by atoms with van der Waals surface area (Å²) in [5.74, 6) is 1.47. The minimum absolute atomic E-state index is 0.513. The molecule has 0 spiro atoms. The number of hydrogen-bond acceptors (Lipinski definition) is 2. The molecule has 0 atom stereocenters. The molecule has 2 N–H and O–H groups in total. The van der Waals surface area contributed by atoms with Gasteiger partial charge >= 0.3 is 0 Å². The highest BCUT2D eigenvalue weighted by molar-refractivity contribution is 5.40. The Kier molecular flexibility index (Phi) is 4.10. The second kappa shape index (κ2) is 5.79. The first-order chi connectivity index (χ1) is 9.06. The van der Waals surface area contributed by atoms with E-state index < -0.39 is 0 Å². The van der Waals surface area contributed by atoms with Crippen molar-refractivity contribution in [2.75, 3.05) is 5.73 Å². The first-order valence-corrected chi connectivity index (χ1v) is 6.64. The topological polar surface area (TPSA) is 35.2 Å². The van der Waals surface area contributed by atoms with E-state index in [2.05, 4.69) is 39.0 Å². The number of rotatable bonds is 4.